The van der Waals surface area contributed by atoms with Crippen molar-refractivity contribution in [1.82, 2.24) is 10.2 Å². The minimum atomic E-state index is -0.247. The second kappa shape index (κ2) is 12.1. The van der Waals surface area contributed by atoms with Gasteiger partial charge in [-0.2, -0.15) is 0 Å². The quantitative estimate of drug-likeness (QED) is 0.146. The van der Waals surface area contributed by atoms with E-state index >= 15 is 0 Å². The SMILES string of the molecule is CC1N=C2N[C@H](CCCCCCCO)C[C@@H]3CCC(=C1C(=O)OCCCCN=C(N)N)N23. The van der Waals surface area contributed by atoms with Crippen LogP contribution < -0.4 is 16.8 Å². The summed E-state index contributed by atoms with van der Waals surface area (Å²) in [5.74, 6) is 0.771. The monoisotopic (exact) mass is 448 g/mol. The first-order valence-corrected chi connectivity index (χ1v) is 12.2. The topological polar surface area (TPSA) is 139 Å². The Balaban J connectivity index is 1.50. The molecule has 0 spiro atoms. The van der Waals surface area contributed by atoms with Gasteiger partial charge >= 0.3 is 5.97 Å². The van der Waals surface area contributed by atoms with Crippen LogP contribution in [0.3, 0.4) is 0 Å². The number of unbranched alkanes of at least 4 members (excludes halogenated alkanes) is 5. The van der Waals surface area contributed by atoms with Crippen molar-refractivity contribution in [2.45, 2.75) is 95.7 Å². The summed E-state index contributed by atoms with van der Waals surface area (Å²) in [6, 6.07) is 0.659. The number of rotatable bonds is 13. The first kappa shape index (κ1) is 24.4. The van der Waals surface area contributed by atoms with Gasteiger partial charge < -0.3 is 31.5 Å². The van der Waals surface area contributed by atoms with Gasteiger partial charge in [0, 0.05) is 30.9 Å². The molecule has 1 unspecified atom stereocenters. The maximum atomic E-state index is 12.8. The van der Waals surface area contributed by atoms with Crippen molar-refractivity contribution in [2.75, 3.05) is 19.8 Å². The Kier molecular flexibility index (Phi) is 9.20. The lowest BCUT2D eigenvalue weighted by Crippen LogP contribution is -2.56. The lowest BCUT2D eigenvalue weighted by Gasteiger charge is -2.42. The van der Waals surface area contributed by atoms with Gasteiger partial charge in [-0.05, 0) is 51.9 Å². The fraction of sp³-hybridized carbons (Fsp3) is 0.783. The number of aliphatic imine (C=N–C) groups is 2. The average molecular weight is 449 g/mol. The molecule has 0 bridgehead atoms. The van der Waals surface area contributed by atoms with Crippen LogP contribution in [0, 0.1) is 0 Å². The predicted octanol–water partition coefficient (Wildman–Crippen LogP) is 1.75. The van der Waals surface area contributed by atoms with E-state index in [-0.39, 0.29) is 18.0 Å². The van der Waals surface area contributed by atoms with Crippen molar-refractivity contribution < 1.29 is 14.6 Å². The van der Waals surface area contributed by atoms with Gasteiger partial charge in [0.1, 0.15) is 0 Å². The molecular formula is C23H40N6O3. The summed E-state index contributed by atoms with van der Waals surface area (Å²) in [4.78, 5) is 23.9. The fourth-order valence-electron chi connectivity index (χ4n) is 4.97. The molecule has 3 heterocycles. The largest absolute Gasteiger partial charge is 0.462 e. The molecule has 0 radical (unpaired) electrons. The van der Waals surface area contributed by atoms with Crippen LogP contribution in [0.25, 0.3) is 0 Å². The molecule has 0 aromatic rings. The smallest absolute Gasteiger partial charge is 0.337 e. The van der Waals surface area contributed by atoms with Crippen molar-refractivity contribution in [3.8, 4) is 0 Å². The number of carbonyl (C=O) groups excluding carboxylic acids is 1. The summed E-state index contributed by atoms with van der Waals surface area (Å²) in [6.45, 7) is 3.18. The van der Waals surface area contributed by atoms with Gasteiger partial charge in [-0.1, -0.05) is 25.7 Å². The Morgan fingerprint density at radius 2 is 2.00 bits per heavy atom. The molecule has 0 saturated carbocycles. The minimum Gasteiger partial charge on any atom is -0.462 e. The van der Waals surface area contributed by atoms with E-state index in [1.807, 2.05) is 6.92 Å². The highest BCUT2D eigenvalue weighted by atomic mass is 16.5. The molecule has 9 heteroatoms. The second-order valence-corrected chi connectivity index (χ2v) is 9.06. The highest BCUT2D eigenvalue weighted by molar-refractivity contribution is 5.95. The van der Waals surface area contributed by atoms with E-state index < -0.39 is 0 Å². The summed E-state index contributed by atoms with van der Waals surface area (Å²) in [5, 5.41) is 12.5. The second-order valence-electron chi connectivity index (χ2n) is 9.06. The van der Waals surface area contributed by atoms with Gasteiger partial charge in [-0.15, -0.1) is 0 Å². The number of ether oxygens (including phenoxy) is 1. The molecule has 3 aliphatic rings. The number of hydrogen-bond acceptors (Lipinski definition) is 7. The summed E-state index contributed by atoms with van der Waals surface area (Å²) >= 11 is 0. The normalized spacial score (nSPS) is 24.0. The van der Waals surface area contributed by atoms with E-state index in [1.165, 1.54) is 19.3 Å². The Hall–Kier alpha value is -2.29. The van der Waals surface area contributed by atoms with Gasteiger partial charge in [-0.3, -0.25) is 4.99 Å². The predicted molar refractivity (Wildman–Crippen MR) is 126 cm³/mol. The Morgan fingerprint density at radius 1 is 1.22 bits per heavy atom. The molecule has 3 rings (SSSR count). The number of hydrogen-bond donors (Lipinski definition) is 4. The van der Waals surface area contributed by atoms with Crippen LogP contribution in [0.5, 0.6) is 0 Å². The molecule has 3 aliphatic heterocycles. The van der Waals surface area contributed by atoms with Crippen LogP contribution in [0.2, 0.25) is 0 Å². The summed E-state index contributed by atoms with van der Waals surface area (Å²) < 4.78 is 5.56. The third-order valence-electron chi connectivity index (χ3n) is 6.54. The first-order chi connectivity index (χ1) is 15.5. The summed E-state index contributed by atoms with van der Waals surface area (Å²) in [7, 11) is 0. The van der Waals surface area contributed by atoms with Crippen molar-refractivity contribution >= 4 is 17.9 Å². The molecule has 180 valence electrons. The summed E-state index contributed by atoms with van der Waals surface area (Å²) in [5.41, 5.74) is 12.4. The van der Waals surface area contributed by atoms with E-state index in [9.17, 15) is 4.79 Å². The molecule has 6 N–H and O–H groups in total. The van der Waals surface area contributed by atoms with Crippen molar-refractivity contribution in [1.29, 1.82) is 0 Å². The lowest BCUT2D eigenvalue weighted by molar-refractivity contribution is -0.139. The third kappa shape index (κ3) is 6.37. The van der Waals surface area contributed by atoms with Gasteiger partial charge in [0.2, 0.25) is 0 Å². The number of aliphatic hydroxyl groups excluding tert-OH is 1. The average Bonchev–Trinajstić information content (AvgIpc) is 3.17. The lowest BCUT2D eigenvalue weighted by atomic mass is 9.97. The zero-order valence-electron chi connectivity index (χ0n) is 19.4. The van der Waals surface area contributed by atoms with Crippen LogP contribution in [0.4, 0.5) is 0 Å². The van der Waals surface area contributed by atoms with E-state index in [0.29, 0.717) is 37.4 Å². The van der Waals surface area contributed by atoms with Crippen LogP contribution in [0.1, 0.15) is 77.6 Å². The van der Waals surface area contributed by atoms with Crippen LogP contribution in [-0.2, 0) is 9.53 Å². The van der Waals surface area contributed by atoms with Crippen molar-refractivity contribution in [3.05, 3.63) is 11.3 Å². The third-order valence-corrected chi connectivity index (χ3v) is 6.54. The molecule has 0 aliphatic carbocycles. The number of guanidine groups is 2. The molecule has 9 nitrogen and oxygen atoms in total. The zero-order valence-corrected chi connectivity index (χ0v) is 19.4. The maximum absolute atomic E-state index is 12.8. The Bertz CT molecular complexity index is 731. The molecular weight excluding hydrogens is 408 g/mol. The maximum Gasteiger partial charge on any atom is 0.337 e. The fourth-order valence-corrected chi connectivity index (χ4v) is 4.97. The molecule has 3 atom stereocenters. The summed E-state index contributed by atoms with van der Waals surface area (Å²) in [6.07, 6.45) is 11.3. The van der Waals surface area contributed by atoms with Crippen LogP contribution in [0.15, 0.2) is 21.3 Å². The number of carbonyl (C=O) groups is 1. The van der Waals surface area contributed by atoms with Crippen LogP contribution >= 0.6 is 0 Å². The number of esters is 1. The molecule has 32 heavy (non-hydrogen) atoms. The molecule has 0 aromatic heterocycles. The Morgan fingerprint density at radius 3 is 2.78 bits per heavy atom. The van der Waals surface area contributed by atoms with Gasteiger partial charge in [0.05, 0.1) is 18.2 Å². The van der Waals surface area contributed by atoms with Crippen LogP contribution in [-0.4, -0.2) is 65.8 Å². The molecule has 0 aromatic carbocycles. The standard InChI is InChI=1S/C23H40N6O3/c1-16-20(21(31)32-14-8-6-12-26-22(24)25)19-11-10-18-15-17(28-23(27-16)29(18)19)9-5-3-2-4-7-13-30/h16-18,30H,2-15H2,1H3,(H,27,28)(H4,24,25,26)/t16?,17-,18+/m1/s1. The van der Waals surface area contributed by atoms with E-state index in [4.69, 9.17) is 26.3 Å². The van der Waals surface area contributed by atoms with E-state index in [0.717, 1.165) is 63.0 Å². The zero-order chi connectivity index (χ0) is 22.9. The number of nitrogens with two attached hydrogens (primary N) is 2. The number of allylic oxidation sites excluding steroid dienone is 1. The van der Waals surface area contributed by atoms with Crippen molar-refractivity contribution in [3.63, 3.8) is 0 Å². The highest BCUT2D eigenvalue weighted by Crippen LogP contribution is 2.39. The van der Waals surface area contributed by atoms with Gasteiger partial charge in [0.15, 0.2) is 11.9 Å². The number of nitrogens with zero attached hydrogens (tertiary/aromatic N) is 3. The highest BCUT2D eigenvalue weighted by Gasteiger charge is 2.44. The Labute approximate surface area is 191 Å². The molecule has 0 amide bonds. The van der Waals surface area contributed by atoms with E-state index in [1.54, 1.807) is 0 Å². The number of aliphatic hydroxyl groups is 1. The minimum absolute atomic E-state index is 0.0878. The van der Waals surface area contributed by atoms with Crippen molar-refractivity contribution in [2.24, 2.45) is 21.5 Å². The first-order valence-electron chi connectivity index (χ1n) is 12.2. The number of nitrogens with one attached hydrogen (secondary N) is 1. The van der Waals surface area contributed by atoms with E-state index in [2.05, 4.69) is 15.2 Å². The van der Waals surface area contributed by atoms with Gasteiger partial charge in [0.25, 0.3) is 0 Å². The molecule has 2 saturated heterocycles. The molecule has 2 fully saturated rings. The van der Waals surface area contributed by atoms with Gasteiger partial charge in [-0.25, -0.2) is 9.79 Å².